The van der Waals surface area contributed by atoms with Gasteiger partial charge in [-0.25, -0.2) is 14.8 Å². The molecule has 12 heteroatoms. The zero-order chi connectivity index (χ0) is 27.6. The molecule has 0 spiro atoms. The van der Waals surface area contributed by atoms with Crippen LogP contribution in [0.5, 0.6) is 5.88 Å². The van der Waals surface area contributed by atoms with E-state index in [4.69, 9.17) is 32.7 Å². The monoisotopic (exact) mass is 560 g/mol. The number of carbonyl (C=O) groups excluding carboxylic acids is 2. The van der Waals surface area contributed by atoms with Crippen LogP contribution in [0.15, 0.2) is 30.7 Å². The standard InChI is InChI=1S/C26H30Cl2N6O4/c1-15-10-16(17-11-19(27)24(37-5)30-13-17)12-29-22(15)32-23(35)21-20(28)14-31-34(21)18-6-8-33(9-7-18)25(36)38-26(2,3)4/h10-14,18H,6-9H2,1-5H3,(H,29,32,35). The molecule has 38 heavy (non-hydrogen) atoms. The SMILES string of the molecule is COc1ncc(-c2cnc(NC(=O)c3c(Cl)cnn3C3CCN(C(=O)OC(C)(C)C)CC3)c(C)c2)cc1Cl. The molecule has 0 aromatic carbocycles. The third-order valence-corrected chi connectivity index (χ3v) is 6.62. The maximum Gasteiger partial charge on any atom is 0.410 e. The highest BCUT2D eigenvalue weighted by atomic mass is 35.5. The minimum Gasteiger partial charge on any atom is -0.480 e. The zero-order valence-corrected chi connectivity index (χ0v) is 23.4. The fourth-order valence-corrected chi connectivity index (χ4v) is 4.67. The van der Waals surface area contributed by atoms with Gasteiger partial charge in [-0.1, -0.05) is 23.2 Å². The number of pyridine rings is 2. The number of likely N-dealkylation sites (tertiary alicyclic amines) is 1. The van der Waals surface area contributed by atoms with Gasteiger partial charge in [0.15, 0.2) is 0 Å². The second kappa shape index (κ2) is 11.2. The van der Waals surface area contributed by atoms with E-state index in [0.29, 0.717) is 42.7 Å². The molecule has 0 atom stereocenters. The highest BCUT2D eigenvalue weighted by Gasteiger charge is 2.30. The zero-order valence-electron chi connectivity index (χ0n) is 21.9. The fourth-order valence-electron chi connectivity index (χ4n) is 4.21. The first-order valence-electron chi connectivity index (χ1n) is 12.2. The van der Waals surface area contributed by atoms with Crippen LogP contribution in [0.25, 0.3) is 11.1 Å². The van der Waals surface area contributed by atoms with Crippen LogP contribution < -0.4 is 10.1 Å². The molecule has 0 aliphatic carbocycles. The Hall–Kier alpha value is -3.37. The molecule has 0 unspecified atom stereocenters. The summed E-state index contributed by atoms with van der Waals surface area (Å²) in [7, 11) is 1.50. The third kappa shape index (κ3) is 6.19. The Balaban J connectivity index is 1.46. The molecule has 1 fully saturated rings. The van der Waals surface area contributed by atoms with E-state index >= 15 is 0 Å². The van der Waals surface area contributed by atoms with E-state index in [1.165, 1.54) is 13.3 Å². The number of rotatable bonds is 5. The molecule has 4 heterocycles. The summed E-state index contributed by atoms with van der Waals surface area (Å²) < 4.78 is 12.2. The Bertz CT molecular complexity index is 1350. The Kier molecular flexibility index (Phi) is 8.13. The number of piperidine rings is 1. The molecular weight excluding hydrogens is 531 g/mol. The minimum absolute atomic E-state index is 0.0920. The van der Waals surface area contributed by atoms with Gasteiger partial charge in [0, 0.05) is 36.6 Å². The maximum atomic E-state index is 13.3. The number of nitrogens with one attached hydrogen (secondary N) is 1. The van der Waals surface area contributed by atoms with Crippen LogP contribution in [0.1, 0.15) is 55.7 Å². The third-order valence-electron chi connectivity index (χ3n) is 6.07. The highest BCUT2D eigenvalue weighted by Crippen LogP contribution is 2.31. The molecule has 1 saturated heterocycles. The average Bonchev–Trinajstić information content (AvgIpc) is 3.25. The number of halogens is 2. The molecular formula is C26H30Cl2N6O4. The van der Waals surface area contributed by atoms with Gasteiger partial charge in [0.2, 0.25) is 5.88 Å². The summed E-state index contributed by atoms with van der Waals surface area (Å²) in [6, 6.07) is 3.54. The van der Waals surface area contributed by atoms with Gasteiger partial charge in [0.1, 0.15) is 22.1 Å². The molecule has 2 amide bonds. The molecule has 0 radical (unpaired) electrons. The lowest BCUT2D eigenvalue weighted by atomic mass is 10.1. The minimum atomic E-state index is -0.558. The topological polar surface area (TPSA) is 111 Å². The van der Waals surface area contributed by atoms with Crippen molar-refractivity contribution >= 4 is 41.0 Å². The number of aromatic nitrogens is 4. The largest absolute Gasteiger partial charge is 0.480 e. The van der Waals surface area contributed by atoms with Gasteiger partial charge >= 0.3 is 6.09 Å². The molecule has 0 saturated carbocycles. The van der Waals surface area contributed by atoms with E-state index in [9.17, 15) is 9.59 Å². The van der Waals surface area contributed by atoms with Gasteiger partial charge in [-0.2, -0.15) is 5.10 Å². The van der Waals surface area contributed by atoms with Crippen LogP contribution in [0.3, 0.4) is 0 Å². The molecule has 0 bridgehead atoms. The Morgan fingerprint density at radius 2 is 1.68 bits per heavy atom. The predicted molar refractivity (Wildman–Crippen MR) is 145 cm³/mol. The van der Waals surface area contributed by atoms with Crippen molar-refractivity contribution in [3.05, 3.63) is 52.0 Å². The molecule has 3 aromatic rings. The van der Waals surface area contributed by atoms with Crippen molar-refractivity contribution < 1.29 is 19.1 Å². The fraction of sp³-hybridized carbons (Fsp3) is 0.423. The second-order valence-electron chi connectivity index (χ2n) is 10.0. The Morgan fingerprint density at radius 1 is 1.03 bits per heavy atom. The number of carbonyl (C=O) groups is 2. The van der Waals surface area contributed by atoms with Crippen molar-refractivity contribution in [2.45, 2.75) is 52.2 Å². The van der Waals surface area contributed by atoms with Gasteiger partial charge in [-0.05, 0) is 58.2 Å². The quantitative estimate of drug-likeness (QED) is 0.420. The van der Waals surface area contributed by atoms with Gasteiger partial charge in [0.25, 0.3) is 5.91 Å². The smallest absolute Gasteiger partial charge is 0.410 e. The summed E-state index contributed by atoms with van der Waals surface area (Å²) in [5, 5.41) is 7.85. The number of hydrogen-bond donors (Lipinski definition) is 1. The van der Waals surface area contributed by atoms with E-state index in [2.05, 4.69) is 20.4 Å². The van der Waals surface area contributed by atoms with Gasteiger partial charge in [0.05, 0.1) is 24.4 Å². The number of hydrogen-bond acceptors (Lipinski definition) is 7. The highest BCUT2D eigenvalue weighted by molar-refractivity contribution is 6.34. The molecule has 10 nitrogen and oxygen atoms in total. The Labute approximate surface area is 231 Å². The molecule has 3 aromatic heterocycles. The summed E-state index contributed by atoms with van der Waals surface area (Å²) in [6.45, 7) is 8.34. The van der Waals surface area contributed by atoms with Crippen LogP contribution >= 0.6 is 23.2 Å². The maximum absolute atomic E-state index is 13.3. The first-order chi connectivity index (χ1) is 18.0. The normalized spacial score (nSPS) is 14.3. The summed E-state index contributed by atoms with van der Waals surface area (Å²) in [6.07, 6.45) is 5.62. The molecule has 1 aliphatic heterocycles. The molecule has 1 N–H and O–H groups in total. The van der Waals surface area contributed by atoms with Gasteiger partial charge in [-0.3, -0.25) is 9.48 Å². The van der Waals surface area contributed by atoms with Crippen LogP contribution in [0.2, 0.25) is 10.0 Å². The first kappa shape index (κ1) is 27.7. The molecule has 1 aliphatic rings. The number of amides is 2. The van der Waals surface area contributed by atoms with Crippen LogP contribution in [-0.4, -0.2) is 62.4 Å². The number of ether oxygens (including phenoxy) is 2. The van der Waals surface area contributed by atoms with Crippen LogP contribution in [0.4, 0.5) is 10.6 Å². The second-order valence-corrected chi connectivity index (χ2v) is 10.9. The predicted octanol–water partition coefficient (Wildman–Crippen LogP) is 5.79. The van der Waals surface area contributed by atoms with E-state index in [0.717, 1.165) is 16.7 Å². The number of anilines is 1. The number of nitrogens with zero attached hydrogens (tertiary/aromatic N) is 5. The lowest BCUT2D eigenvalue weighted by molar-refractivity contribution is 0.0183. The lowest BCUT2D eigenvalue weighted by Gasteiger charge is -2.33. The van der Waals surface area contributed by atoms with Gasteiger partial charge in [-0.15, -0.1) is 0 Å². The summed E-state index contributed by atoms with van der Waals surface area (Å²) in [4.78, 5) is 36.0. The van der Waals surface area contributed by atoms with Crippen molar-refractivity contribution in [2.75, 3.05) is 25.5 Å². The van der Waals surface area contributed by atoms with E-state index < -0.39 is 11.5 Å². The van der Waals surface area contributed by atoms with E-state index in [-0.39, 0.29) is 22.9 Å². The summed E-state index contributed by atoms with van der Waals surface area (Å²) in [5.74, 6) is 0.322. The Morgan fingerprint density at radius 3 is 2.29 bits per heavy atom. The van der Waals surface area contributed by atoms with Crippen molar-refractivity contribution in [3.8, 4) is 17.0 Å². The number of aryl methyl sites for hydroxylation is 1. The van der Waals surface area contributed by atoms with Crippen molar-refractivity contribution in [1.82, 2.24) is 24.6 Å². The van der Waals surface area contributed by atoms with Crippen LogP contribution in [0, 0.1) is 6.92 Å². The summed E-state index contributed by atoms with van der Waals surface area (Å²) >= 11 is 12.6. The van der Waals surface area contributed by atoms with E-state index in [1.54, 1.807) is 28.0 Å². The van der Waals surface area contributed by atoms with Gasteiger partial charge < -0.3 is 19.7 Å². The number of methoxy groups -OCH3 is 1. The average molecular weight is 561 g/mol. The molecule has 4 rings (SSSR count). The first-order valence-corrected chi connectivity index (χ1v) is 12.9. The van der Waals surface area contributed by atoms with Crippen molar-refractivity contribution in [3.63, 3.8) is 0 Å². The lowest BCUT2D eigenvalue weighted by Crippen LogP contribution is -2.42. The van der Waals surface area contributed by atoms with Crippen molar-refractivity contribution in [2.24, 2.45) is 0 Å². The molecule has 202 valence electrons. The van der Waals surface area contributed by atoms with Crippen molar-refractivity contribution in [1.29, 1.82) is 0 Å². The summed E-state index contributed by atoms with van der Waals surface area (Å²) in [5.41, 5.74) is 1.99. The van der Waals surface area contributed by atoms with Crippen LogP contribution in [-0.2, 0) is 4.74 Å². The van der Waals surface area contributed by atoms with E-state index in [1.807, 2.05) is 33.8 Å².